The van der Waals surface area contributed by atoms with Crippen LogP contribution in [-0.4, -0.2) is 100 Å². The van der Waals surface area contributed by atoms with Crippen LogP contribution < -0.4 is 9.44 Å². The Morgan fingerprint density at radius 3 is 1.67 bits per heavy atom. The lowest BCUT2D eigenvalue weighted by molar-refractivity contribution is 0.111. The molecular weight excluding hydrogens is 650 g/mol. The molecule has 10 nitrogen and oxygen atoms in total. The van der Waals surface area contributed by atoms with Gasteiger partial charge in [-0.2, -0.15) is 0 Å². The van der Waals surface area contributed by atoms with Crippen molar-refractivity contribution in [3.63, 3.8) is 0 Å². The first kappa shape index (κ1) is 37.7. The van der Waals surface area contributed by atoms with E-state index in [0.29, 0.717) is 37.0 Å². The number of nitrogens with one attached hydrogen (secondary N) is 2. The second kappa shape index (κ2) is 16.4. The maximum absolute atomic E-state index is 13.4. The average Bonchev–Trinajstić information content (AvgIpc) is 3.45. The van der Waals surface area contributed by atoms with Crippen LogP contribution in [0.4, 0.5) is 8.78 Å². The first-order valence-electron chi connectivity index (χ1n) is 15.0. The lowest BCUT2D eigenvalue weighted by atomic mass is 10.1. The average molecular weight is 695 g/mol. The highest BCUT2D eigenvalue weighted by Crippen LogP contribution is 2.23. The highest BCUT2D eigenvalue weighted by molar-refractivity contribution is 7.89. The van der Waals surface area contributed by atoms with Gasteiger partial charge < -0.3 is 10.2 Å². The monoisotopic (exact) mass is 694 g/mol. The Labute approximate surface area is 270 Å². The molecule has 0 aromatic heterocycles. The number of aliphatic hydroxyl groups is 2. The van der Waals surface area contributed by atoms with E-state index in [4.69, 9.17) is 11.6 Å². The number of sulfonamides is 2. The lowest BCUT2D eigenvalue weighted by Crippen LogP contribution is -2.41. The van der Waals surface area contributed by atoms with Crippen molar-refractivity contribution < 1.29 is 35.8 Å². The van der Waals surface area contributed by atoms with Gasteiger partial charge in [0.1, 0.15) is 11.6 Å². The molecule has 0 bridgehead atoms. The van der Waals surface area contributed by atoms with Gasteiger partial charge in [0.2, 0.25) is 20.0 Å². The molecule has 2 heterocycles. The summed E-state index contributed by atoms with van der Waals surface area (Å²) in [6.45, 7) is 10.9. The van der Waals surface area contributed by atoms with E-state index >= 15 is 0 Å². The van der Waals surface area contributed by atoms with Gasteiger partial charge in [0.15, 0.2) is 0 Å². The highest BCUT2D eigenvalue weighted by Gasteiger charge is 2.29. The third-order valence-corrected chi connectivity index (χ3v) is 11.2. The maximum Gasteiger partial charge on any atom is 0.240 e. The SMILES string of the molecule is CC1CC(C)N(C[C@@H](O)CNS(=O)(=O)c2ccc(Cl)c(F)c2)C1.CC1CC(C)N(C[C@@H](O)CNS(=O)(=O)c2cccc(F)c2)C1. The Morgan fingerprint density at radius 1 is 0.800 bits per heavy atom. The molecule has 6 atom stereocenters. The standard InChI is InChI=1S/C15H22ClFN2O3S.C15H23FN2O3S/c1-10-5-11(2)19(8-10)9-12(20)7-18-23(21,22)13-3-4-14(16)15(17)6-13;1-11-6-12(2)18(9-11)10-14(19)8-17-22(20,21)15-5-3-4-13(16)7-15/h3-4,6,10-12,18,20H,5,7-9H2,1-2H3;3-5,7,11-12,14,17,19H,6,8-10H2,1-2H3/t10?,11?,12-;11?,12?,14-/m00/s1. The van der Waals surface area contributed by atoms with Crippen LogP contribution in [0.25, 0.3) is 0 Å². The van der Waals surface area contributed by atoms with Crippen LogP contribution in [0.5, 0.6) is 0 Å². The Bertz CT molecular complexity index is 1490. The minimum atomic E-state index is -3.88. The van der Waals surface area contributed by atoms with Gasteiger partial charge in [-0.15, -0.1) is 0 Å². The molecule has 0 radical (unpaired) electrons. The maximum atomic E-state index is 13.4. The number of β-amino-alcohol motifs (C(OH)–C–C–N with tert-alkyl or cyclic N) is 2. The predicted octanol–water partition coefficient (Wildman–Crippen LogP) is 3.04. The van der Waals surface area contributed by atoms with E-state index in [0.717, 1.165) is 38.1 Å². The predicted molar refractivity (Wildman–Crippen MR) is 170 cm³/mol. The van der Waals surface area contributed by atoms with Crippen LogP contribution in [-0.2, 0) is 20.0 Å². The molecule has 4 N–H and O–H groups in total. The van der Waals surface area contributed by atoms with Crippen LogP contribution in [0.1, 0.15) is 40.5 Å². The van der Waals surface area contributed by atoms with Crippen LogP contribution in [0.15, 0.2) is 52.3 Å². The fourth-order valence-electron chi connectivity index (χ4n) is 5.81. The Kier molecular flexibility index (Phi) is 13.7. The van der Waals surface area contributed by atoms with Crippen LogP contribution in [0.3, 0.4) is 0 Å². The van der Waals surface area contributed by atoms with Gasteiger partial charge in [0.05, 0.1) is 27.0 Å². The molecule has 0 amide bonds. The molecular formula is C30H45ClF2N4O6S2. The van der Waals surface area contributed by atoms with E-state index in [-0.39, 0.29) is 27.9 Å². The zero-order valence-corrected chi connectivity index (χ0v) is 28.4. The summed E-state index contributed by atoms with van der Waals surface area (Å²) in [6.07, 6.45) is 0.537. The van der Waals surface area contributed by atoms with Gasteiger partial charge in [0, 0.05) is 51.4 Å². The molecule has 15 heteroatoms. The number of likely N-dealkylation sites (tertiary alicyclic amines) is 2. The number of nitrogens with zero attached hydrogens (tertiary/aromatic N) is 2. The first-order valence-corrected chi connectivity index (χ1v) is 18.4. The topological polar surface area (TPSA) is 139 Å². The number of hydrogen-bond acceptors (Lipinski definition) is 8. The van der Waals surface area contributed by atoms with E-state index in [2.05, 4.69) is 46.9 Å². The van der Waals surface area contributed by atoms with E-state index < -0.39 is 43.9 Å². The molecule has 2 aliphatic rings. The fraction of sp³-hybridized carbons (Fsp3) is 0.600. The minimum Gasteiger partial charge on any atom is -0.390 e. The largest absolute Gasteiger partial charge is 0.390 e. The smallest absolute Gasteiger partial charge is 0.240 e. The van der Waals surface area contributed by atoms with Gasteiger partial charge in [-0.3, -0.25) is 9.80 Å². The number of aliphatic hydroxyl groups excluding tert-OH is 2. The Morgan fingerprint density at radius 2 is 1.27 bits per heavy atom. The quantitative estimate of drug-likeness (QED) is 0.266. The van der Waals surface area contributed by atoms with Crippen LogP contribution >= 0.6 is 11.6 Å². The van der Waals surface area contributed by atoms with Crippen molar-refractivity contribution in [2.45, 2.75) is 74.6 Å². The van der Waals surface area contributed by atoms with E-state index in [1.54, 1.807) is 0 Å². The molecule has 2 aliphatic heterocycles. The zero-order valence-electron chi connectivity index (χ0n) is 26.0. The summed E-state index contributed by atoms with van der Waals surface area (Å²) in [6, 6.07) is 8.85. The van der Waals surface area contributed by atoms with Crippen molar-refractivity contribution in [1.29, 1.82) is 0 Å². The summed E-state index contributed by atoms with van der Waals surface area (Å²) in [7, 11) is -7.68. The van der Waals surface area contributed by atoms with Gasteiger partial charge in [0.25, 0.3) is 0 Å². The first-order chi connectivity index (χ1) is 21.0. The van der Waals surface area contributed by atoms with Crippen molar-refractivity contribution in [2.75, 3.05) is 39.3 Å². The number of hydrogen-bond donors (Lipinski definition) is 4. The van der Waals surface area contributed by atoms with E-state index in [1.807, 2.05) is 0 Å². The number of benzene rings is 2. The van der Waals surface area contributed by atoms with Crippen molar-refractivity contribution in [3.8, 4) is 0 Å². The molecule has 2 saturated heterocycles. The molecule has 0 saturated carbocycles. The zero-order chi connectivity index (χ0) is 33.5. The van der Waals surface area contributed by atoms with Gasteiger partial charge in [-0.05, 0) is 74.9 Å². The van der Waals surface area contributed by atoms with Gasteiger partial charge in [-0.25, -0.2) is 35.1 Å². The molecule has 4 unspecified atom stereocenters. The lowest BCUT2D eigenvalue weighted by Gasteiger charge is -2.24. The molecule has 45 heavy (non-hydrogen) atoms. The molecule has 2 fully saturated rings. The van der Waals surface area contributed by atoms with E-state index in [9.17, 15) is 35.8 Å². The Balaban J connectivity index is 0.000000246. The summed E-state index contributed by atoms with van der Waals surface area (Å²) >= 11 is 5.54. The van der Waals surface area contributed by atoms with Crippen molar-refractivity contribution >= 4 is 31.6 Å². The summed E-state index contributed by atoms with van der Waals surface area (Å²) in [4.78, 5) is 3.95. The van der Waals surface area contributed by atoms with Crippen molar-refractivity contribution in [1.82, 2.24) is 19.2 Å². The second-order valence-corrected chi connectivity index (χ2v) is 16.3. The third kappa shape index (κ3) is 11.5. The van der Waals surface area contributed by atoms with Crippen LogP contribution in [0.2, 0.25) is 5.02 Å². The van der Waals surface area contributed by atoms with E-state index in [1.165, 1.54) is 30.3 Å². The summed E-state index contributed by atoms with van der Waals surface area (Å²) in [5.41, 5.74) is 0. The second-order valence-electron chi connectivity index (χ2n) is 12.3. The Hall–Kier alpha value is -1.75. The molecule has 0 spiro atoms. The normalized spacial score (nSPS) is 24.3. The number of rotatable bonds is 12. The number of halogens is 3. The molecule has 0 aliphatic carbocycles. The molecule has 2 aromatic rings. The minimum absolute atomic E-state index is 0.0869. The van der Waals surface area contributed by atoms with Crippen LogP contribution in [0, 0.1) is 23.5 Å². The molecule has 4 rings (SSSR count). The van der Waals surface area contributed by atoms with Gasteiger partial charge in [-0.1, -0.05) is 31.5 Å². The van der Waals surface area contributed by atoms with Gasteiger partial charge >= 0.3 is 0 Å². The fourth-order valence-corrected chi connectivity index (χ4v) is 8.11. The third-order valence-electron chi connectivity index (χ3n) is 8.04. The molecule has 2 aromatic carbocycles. The summed E-state index contributed by atoms with van der Waals surface area (Å²) < 4.78 is 79.4. The summed E-state index contributed by atoms with van der Waals surface area (Å²) in [5.74, 6) is -0.240. The highest BCUT2D eigenvalue weighted by atomic mass is 35.5. The van der Waals surface area contributed by atoms with Crippen molar-refractivity contribution in [3.05, 3.63) is 59.1 Å². The van der Waals surface area contributed by atoms with Crippen molar-refractivity contribution in [2.24, 2.45) is 11.8 Å². The molecule has 254 valence electrons. The summed E-state index contributed by atoms with van der Waals surface area (Å²) in [5, 5.41) is 20.0.